The molecule has 1 rings (SSSR count). The van der Waals surface area contributed by atoms with Crippen LogP contribution in [0.4, 0.5) is 26.3 Å². The number of aliphatic hydroxyl groups is 4. The molecule has 0 saturated carbocycles. The van der Waals surface area contributed by atoms with Crippen LogP contribution in [0.25, 0.3) is 0 Å². The van der Waals surface area contributed by atoms with Crippen LogP contribution in [-0.2, 0) is 4.74 Å². The van der Waals surface area contributed by atoms with Crippen molar-refractivity contribution in [3.63, 3.8) is 0 Å². The molecule has 27 heavy (non-hydrogen) atoms. The first kappa shape index (κ1) is 24.4. The highest BCUT2D eigenvalue weighted by Gasteiger charge is 2.57. The first-order chi connectivity index (χ1) is 12.4. The lowest BCUT2D eigenvalue weighted by Crippen LogP contribution is -2.62. The van der Waals surface area contributed by atoms with Gasteiger partial charge in [0.05, 0.1) is 18.8 Å². The fourth-order valence-electron chi connectivity index (χ4n) is 2.98. The number of halogens is 6. The van der Waals surface area contributed by atoms with Gasteiger partial charge in [-0.15, -0.1) is 0 Å². The Morgan fingerprint density at radius 1 is 0.889 bits per heavy atom. The van der Waals surface area contributed by atoms with Gasteiger partial charge in [0.1, 0.15) is 12.2 Å². The van der Waals surface area contributed by atoms with E-state index < -0.39 is 56.0 Å². The first-order valence-electron chi connectivity index (χ1n) is 8.53. The molecular weight excluding hydrogens is 388 g/mol. The maximum absolute atomic E-state index is 12.3. The summed E-state index contributed by atoms with van der Waals surface area (Å²) in [5.74, 6) is 0. The summed E-state index contributed by atoms with van der Waals surface area (Å²) in [7, 11) is 0. The molecule has 0 amide bonds. The van der Waals surface area contributed by atoms with Crippen molar-refractivity contribution in [3.8, 4) is 0 Å². The molecule has 4 N–H and O–H groups in total. The molecule has 0 radical (unpaired) electrons. The molecule has 1 heterocycles. The number of piperidine rings is 1. The topological polar surface area (TPSA) is 93.4 Å². The molecular formula is C15H25F6NO5. The first-order valence-corrected chi connectivity index (χ1v) is 8.53. The maximum Gasteiger partial charge on any atom is 0.423 e. The molecule has 0 unspecified atom stereocenters. The molecule has 0 aliphatic carbocycles. The number of hydrogen-bond acceptors (Lipinski definition) is 6. The Morgan fingerprint density at radius 2 is 1.44 bits per heavy atom. The van der Waals surface area contributed by atoms with E-state index in [0.29, 0.717) is 25.8 Å². The van der Waals surface area contributed by atoms with Crippen LogP contribution in [-0.4, -0.2) is 94.4 Å². The van der Waals surface area contributed by atoms with Gasteiger partial charge in [-0.25, -0.2) is 0 Å². The summed E-state index contributed by atoms with van der Waals surface area (Å²) in [4.78, 5) is 1.59. The molecule has 1 aliphatic heterocycles. The van der Waals surface area contributed by atoms with Crippen molar-refractivity contribution in [2.45, 2.75) is 68.5 Å². The van der Waals surface area contributed by atoms with Gasteiger partial charge in [-0.3, -0.25) is 4.90 Å². The molecule has 0 bridgehead atoms. The van der Waals surface area contributed by atoms with E-state index in [9.17, 15) is 46.8 Å². The van der Waals surface area contributed by atoms with Crippen LogP contribution < -0.4 is 0 Å². The second kappa shape index (κ2) is 10.2. The molecule has 6 nitrogen and oxygen atoms in total. The van der Waals surface area contributed by atoms with Gasteiger partial charge in [0.25, 0.3) is 0 Å². The molecule has 1 saturated heterocycles. The van der Waals surface area contributed by atoms with Crippen LogP contribution in [0, 0.1) is 0 Å². The zero-order chi connectivity index (χ0) is 20.8. The predicted molar refractivity (Wildman–Crippen MR) is 80.8 cm³/mol. The molecule has 4 atom stereocenters. The number of unbranched alkanes of at least 4 members (excludes halogenated alkanes) is 3. The maximum atomic E-state index is 12.3. The fraction of sp³-hybridized carbons (Fsp3) is 1.00. The number of aliphatic hydroxyl groups excluding tert-OH is 4. The van der Waals surface area contributed by atoms with Gasteiger partial charge in [0, 0.05) is 13.2 Å². The lowest BCUT2D eigenvalue weighted by molar-refractivity contribution is -0.321. The lowest BCUT2D eigenvalue weighted by Gasteiger charge is -2.43. The Bertz CT molecular complexity index is 422. The monoisotopic (exact) mass is 413 g/mol. The van der Waals surface area contributed by atoms with E-state index in [1.54, 1.807) is 4.90 Å². The molecule has 0 spiro atoms. The Balaban J connectivity index is 2.29. The molecule has 0 aromatic carbocycles. The quantitative estimate of drug-likeness (QED) is 0.330. The van der Waals surface area contributed by atoms with Crippen molar-refractivity contribution in [2.24, 2.45) is 0 Å². The van der Waals surface area contributed by atoms with Crippen LogP contribution in [0.5, 0.6) is 0 Å². The van der Waals surface area contributed by atoms with E-state index in [1.807, 2.05) is 0 Å². The van der Waals surface area contributed by atoms with Gasteiger partial charge in [0.15, 0.2) is 0 Å². The minimum atomic E-state index is -5.52. The Labute approximate surface area is 152 Å². The zero-order valence-electron chi connectivity index (χ0n) is 14.5. The number of likely N-dealkylation sites (tertiary alicyclic amines) is 1. The van der Waals surface area contributed by atoms with Crippen LogP contribution in [0.1, 0.15) is 25.7 Å². The normalized spacial score (nSPS) is 28.1. The van der Waals surface area contributed by atoms with Crippen molar-refractivity contribution >= 4 is 0 Å². The van der Waals surface area contributed by atoms with E-state index in [0.717, 1.165) is 0 Å². The highest BCUT2D eigenvalue weighted by atomic mass is 19.4. The van der Waals surface area contributed by atoms with Crippen molar-refractivity contribution < 1.29 is 51.5 Å². The van der Waals surface area contributed by atoms with Gasteiger partial charge in [-0.05, 0) is 19.4 Å². The summed E-state index contributed by atoms with van der Waals surface area (Å²) in [6.45, 7) is -0.753. The van der Waals surface area contributed by atoms with Crippen LogP contribution in [0.2, 0.25) is 0 Å². The highest BCUT2D eigenvalue weighted by molar-refractivity contribution is 4.94. The second-order valence-electron chi connectivity index (χ2n) is 6.54. The van der Waals surface area contributed by atoms with Crippen molar-refractivity contribution in [2.75, 3.05) is 26.3 Å². The average molecular weight is 413 g/mol. The lowest BCUT2D eigenvalue weighted by atomic mass is 9.94. The van der Waals surface area contributed by atoms with Crippen molar-refractivity contribution in [1.82, 2.24) is 4.90 Å². The summed E-state index contributed by atoms with van der Waals surface area (Å²) in [5, 5.41) is 38.4. The van der Waals surface area contributed by atoms with Crippen molar-refractivity contribution in [1.29, 1.82) is 0 Å². The average Bonchev–Trinajstić information content (AvgIpc) is 2.52. The summed E-state index contributed by atoms with van der Waals surface area (Å²) >= 11 is 0. The summed E-state index contributed by atoms with van der Waals surface area (Å²) < 4.78 is 77.7. The van der Waals surface area contributed by atoms with Crippen molar-refractivity contribution in [3.05, 3.63) is 0 Å². The predicted octanol–water partition coefficient (Wildman–Crippen LogP) is 0.816. The van der Waals surface area contributed by atoms with E-state index in [-0.39, 0.29) is 13.0 Å². The van der Waals surface area contributed by atoms with Gasteiger partial charge in [-0.1, -0.05) is 12.8 Å². The Hall–Kier alpha value is -0.660. The third-order valence-electron chi connectivity index (χ3n) is 4.43. The summed E-state index contributed by atoms with van der Waals surface area (Å²) in [6, 6.07) is -0.758. The summed E-state index contributed by atoms with van der Waals surface area (Å²) in [5.41, 5.74) is 0. The van der Waals surface area contributed by atoms with E-state index in [2.05, 4.69) is 4.74 Å². The van der Waals surface area contributed by atoms with Crippen LogP contribution in [0.3, 0.4) is 0 Å². The molecule has 1 fully saturated rings. The molecule has 12 heteroatoms. The minimum absolute atomic E-state index is 0.00997. The smallest absolute Gasteiger partial charge is 0.395 e. The van der Waals surface area contributed by atoms with E-state index in [1.165, 1.54) is 0 Å². The van der Waals surface area contributed by atoms with E-state index in [4.69, 9.17) is 0 Å². The van der Waals surface area contributed by atoms with Gasteiger partial charge < -0.3 is 25.2 Å². The molecule has 162 valence electrons. The number of alkyl halides is 6. The Kier molecular flexibility index (Phi) is 9.22. The van der Waals surface area contributed by atoms with E-state index >= 15 is 0 Å². The van der Waals surface area contributed by atoms with Crippen LogP contribution >= 0.6 is 0 Å². The number of hydrogen-bond donors (Lipinski definition) is 4. The molecule has 0 aromatic heterocycles. The molecule has 1 aliphatic rings. The third kappa shape index (κ3) is 7.35. The number of ether oxygens (including phenoxy) is 1. The minimum Gasteiger partial charge on any atom is -0.395 e. The number of rotatable bonds is 9. The second-order valence-corrected chi connectivity index (χ2v) is 6.54. The molecule has 0 aromatic rings. The highest BCUT2D eigenvalue weighted by Crippen LogP contribution is 2.35. The largest absolute Gasteiger partial charge is 0.423 e. The third-order valence-corrected chi connectivity index (χ3v) is 4.43. The summed E-state index contributed by atoms with van der Waals surface area (Å²) in [6.07, 6.45) is -17.4. The Morgan fingerprint density at radius 3 is 1.96 bits per heavy atom. The van der Waals surface area contributed by atoms with Gasteiger partial charge >= 0.3 is 12.4 Å². The number of nitrogens with zero attached hydrogens (tertiary/aromatic N) is 1. The number of β-amino-alcohol motifs (C(OH)–C–C–N with tert-alkyl or cyclic N) is 1. The fourth-order valence-corrected chi connectivity index (χ4v) is 2.98. The zero-order valence-corrected chi connectivity index (χ0v) is 14.5. The SMILES string of the molecule is OC[C@@H]1[C@H](O)[C@H](O)[C@@H](O)CN1CCCCCCOC(C(F)(F)F)C(F)(F)F. The van der Waals surface area contributed by atoms with Gasteiger partial charge in [0.2, 0.25) is 6.10 Å². The standard InChI is InChI=1S/C15H25F6NO5/c16-14(17,18)13(15(19,20)21)27-6-4-2-1-3-5-22-7-10(24)12(26)11(25)9(22)8-23/h9-13,23-26H,1-8H2/t9-,10+,11+,12-/m1/s1. The van der Waals surface area contributed by atoms with Crippen LogP contribution in [0.15, 0.2) is 0 Å². The van der Waals surface area contributed by atoms with Gasteiger partial charge in [-0.2, -0.15) is 26.3 Å².